The average Bonchev–Trinajstić information content (AvgIpc) is 2.74. The van der Waals surface area contributed by atoms with Gasteiger partial charge in [0.1, 0.15) is 24.2 Å². The van der Waals surface area contributed by atoms with E-state index in [9.17, 15) is 22.4 Å². The van der Waals surface area contributed by atoms with Gasteiger partial charge < -0.3 is 15.0 Å². The van der Waals surface area contributed by atoms with Crippen LogP contribution in [0, 0.1) is 5.82 Å². The number of carbonyl (C=O) groups is 2. The molecule has 10 heteroatoms. The Hall–Kier alpha value is -3.14. The molecule has 0 aliphatic carbocycles. The summed E-state index contributed by atoms with van der Waals surface area (Å²) in [6.45, 7) is 3.17. The number of amides is 2. The summed E-state index contributed by atoms with van der Waals surface area (Å²) in [7, 11) is -2.39. The molecule has 0 aromatic heterocycles. The van der Waals surface area contributed by atoms with E-state index in [0.717, 1.165) is 16.6 Å². The number of benzene rings is 2. The van der Waals surface area contributed by atoms with E-state index in [0.29, 0.717) is 17.9 Å². The van der Waals surface area contributed by atoms with Crippen molar-refractivity contribution in [3.05, 3.63) is 59.9 Å². The van der Waals surface area contributed by atoms with Crippen molar-refractivity contribution in [3.8, 4) is 5.75 Å². The standard InChI is InChI=1S/C22H28FN3O5S/c1-5-24-22(28)16(2)25(14-17-8-6-11-20(12-17)31-3)21(27)15-26(32(4,29)30)19-10-7-9-18(23)13-19/h6-13,16H,5,14-15H2,1-4H3,(H,24,28). The molecule has 1 unspecified atom stereocenters. The Morgan fingerprint density at radius 1 is 1.16 bits per heavy atom. The quantitative estimate of drug-likeness (QED) is 0.580. The Balaban J connectivity index is 2.39. The summed E-state index contributed by atoms with van der Waals surface area (Å²) >= 11 is 0. The van der Waals surface area contributed by atoms with Crippen LogP contribution in [0.1, 0.15) is 19.4 Å². The molecule has 0 bridgehead atoms. The number of hydrogen-bond acceptors (Lipinski definition) is 5. The van der Waals surface area contributed by atoms with Crippen LogP contribution in [0.15, 0.2) is 48.5 Å². The van der Waals surface area contributed by atoms with Crippen LogP contribution in [0.5, 0.6) is 5.75 Å². The van der Waals surface area contributed by atoms with E-state index in [2.05, 4.69) is 5.32 Å². The monoisotopic (exact) mass is 465 g/mol. The third kappa shape index (κ3) is 6.68. The number of sulfonamides is 1. The summed E-state index contributed by atoms with van der Waals surface area (Å²) in [6.07, 6.45) is 0.935. The first-order chi connectivity index (χ1) is 15.1. The molecule has 2 aromatic rings. The van der Waals surface area contributed by atoms with E-state index in [4.69, 9.17) is 4.74 Å². The molecule has 0 saturated heterocycles. The minimum absolute atomic E-state index is 0.0212. The lowest BCUT2D eigenvalue weighted by atomic mass is 10.1. The number of carbonyl (C=O) groups excluding carboxylic acids is 2. The lowest BCUT2D eigenvalue weighted by molar-refractivity contribution is -0.139. The summed E-state index contributed by atoms with van der Waals surface area (Å²) in [4.78, 5) is 27.1. The van der Waals surface area contributed by atoms with Crippen molar-refractivity contribution < 1.29 is 27.1 Å². The van der Waals surface area contributed by atoms with Crippen LogP contribution in [0.3, 0.4) is 0 Å². The van der Waals surface area contributed by atoms with Gasteiger partial charge in [0.2, 0.25) is 21.8 Å². The van der Waals surface area contributed by atoms with E-state index in [1.54, 1.807) is 38.1 Å². The molecule has 0 aliphatic rings. The Kier molecular flexibility index (Phi) is 8.59. The van der Waals surface area contributed by atoms with Gasteiger partial charge in [-0.15, -0.1) is 0 Å². The number of ether oxygens (including phenoxy) is 1. The smallest absolute Gasteiger partial charge is 0.244 e. The van der Waals surface area contributed by atoms with Gasteiger partial charge in [-0.2, -0.15) is 0 Å². The maximum Gasteiger partial charge on any atom is 0.244 e. The maximum atomic E-state index is 13.7. The zero-order valence-electron chi connectivity index (χ0n) is 18.5. The predicted octanol–water partition coefficient (Wildman–Crippen LogP) is 2.15. The van der Waals surface area contributed by atoms with Crippen LogP contribution in [0.4, 0.5) is 10.1 Å². The number of anilines is 1. The molecule has 0 aliphatic heterocycles. The van der Waals surface area contributed by atoms with Gasteiger partial charge in [-0.05, 0) is 49.7 Å². The minimum atomic E-state index is -3.90. The second-order valence-electron chi connectivity index (χ2n) is 7.19. The lowest BCUT2D eigenvalue weighted by Crippen LogP contribution is -2.51. The highest BCUT2D eigenvalue weighted by atomic mass is 32.2. The molecule has 2 rings (SSSR count). The van der Waals surface area contributed by atoms with Gasteiger partial charge in [0.05, 0.1) is 19.1 Å². The zero-order valence-corrected chi connectivity index (χ0v) is 19.4. The van der Waals surface area contributed by atoms with E-state index in [1.807, 2.05) is 0 Å². The molecular formula is C22H28FN3O5S. The van der Waals surface area contributed by atoms with Gasteiger partial charge in [-0.25, -0.2) is 12.8 Å². The first-order valence-electron chi connectivity index (χ1n) is 10.00. The molecule has 0 heterocycles. The van der Waals surface area contributed by atoms with Crippen molar-refractivity contribution in [2.45, 2.75) is 26.4 Å². The Morgan fingerprint density at radius 3 is 2.44 bits per heavy atom. The van der Waals surface area contributed by atoms with Gasteiger partial charge in [0, 0.05) is 13.1 Å². The Labute approximate surface area is 188 Å². The van der Waals surface area contributed by atoms with E-state index in [1.165, 1.54) is 30.2 Å². The molecule has 0 spiro atoms. The highest BCUT2D eigenvalue weighted by molar-refractivity contribution is 7.92. The van der Waals surface area contributed by atoms with Crippen LogP contribution in [0.2, 0.25) is 0 Å². The lowest BCUT2D eigenvalue weighted by Gasteiger charge is -2.31. The van der Waals surface area contributed by atoms with E-state index >= 15 is 0 Å². The largest absolute Gasteiger partial charge is 0.497 e. The van der Waals surface area contributed by atoms with E-state index < -0.39 is 34.3 Å². The SMILES string of the molecule is CCNC(=O)C(C)N(Cc1cccc(OC)c1)C(=O)CN(c1cccc(F)c1)S(C)(=O)=O. The number of halogens is 1. The van der Waals surface area contributed by atoms with Crippen molar-refractivity contribution in [3.63, 3.8) is 0 Å². The van der Waals surface area contributed by atoms with Crippen molar-refractivity contribution in [2.24, 2.45) is 0 Å². The van der Waals surface area contributed by atoms with Gasteiger partial charge in [-0.1, -0.05) is 18.2 Å². The summed E-state index contributed by atoms with van der Waals surface area (Å²) in [5.74, 6) is -1.03. The molecule has 1 atom stereocenters. The molecule has 2 aromatic carbocycles. The van der Waals surface area contributed by atoms with Crippen LogP contribution < -0.4 is 14.4 Å². The first-order valence-corrected chi connectivity index (χ1v) is 11.8. The second-order valence-corrected chi connectivity index (χ2v) is 9.10. The van der Waals surface area contributed by atoms with Gasteiger partial charge in [0.25, 0.3) is 0 Å². The summed E-state index contributed by atoms with van der Waals surface area (Å²) < 4.78 is 44.5. The third-order valence-corrected chi connectivity index (χ3v) is 5.92. The zero-order chi connectivity index (χ0) is 23.9. The minimum Gasteiger partial charge on any atom is -0.497 e. The average molecular weight is 466 g/mol. The number of likely N-dealkylation sites (N-methyl/N-ethyl adjacent to an activating group) is 1. The number of methoxy groups -OCH3 is 1. The van der Waals surface area contributed by atoms with Crippen LogP contribution in [-0.2, 0) is 26.2 Å². The normalized spacial score (nSPS) is 12.0. The summed E-state index contributed by atoms with van der Waals surface area (Å²) in [6, 6.07) is 11.1. The molecule has 0 radical (unpaired) electrons. The molecule has 174 valence electrons. The predicted molar refractivity (Wildman–Crippen MR) is 120 cm³/mol. The third-order valence-electron chi connectivity index (χ3n) is 4.78. The highest BCUT2D eigenvalue weighted by Gasteiger charge is 2.30. The molecule has 32 heavy (non-hydrogen) atoms. The van der Waals surface area contributed by atoms with Crippen molar-refractivity contribution in [1.82, 2.24) is 10.2 Å². The van der Waals surface area contributed by atoms with Crippen LogP contribution in [-0.4, -0.2) is 57.6 Å². The number of nitrogens with one attached hydrogen (secondary N) is 1. The van der Waals surface area contributed by atoms with Crippen LogP contribution >= 0.6 is 0 Å². The first kappa shape index (κ1) is 25.1. The van der Waals surface area contributed by atoms with E-state index in [-0.39, 0.29) is 18.1 Å². The van der Waals surface area contributed by atoms with Gasteiger partial charge >= 0.3 is 0 Å². The molecule has 8 nitrogen and oxygen atoms in total. The molecular weight excluding hydrogens is 437 g/mol. The summed E-state index contributed by atoms with van der Waals surface area (Å²) in [5.41, 5.74) is 0.721. The van der Waals surface area contributed by atoms with Crippen molar-refractivity contribution in [1.29, 1.82) is 0 Å². The fourth-order valence-electron chi connectivity index (χ4n) is 3.12. The topological polar surface area (TPSA) is 96.0 Å². The maximum absolute atomic E-state index is 13.7. The van der Waals surface area contributed by atoms with Gasteiger partial charge in [-0.3, -0.25) is 13.9 Å². The fourth-order valence-corrected chi connectivity index (χ4v) is 3.96. The fraction of sp³-hybridized carbons (Fsp3) is 0.364. The van der Waals surface area contributed by atoms with Crippen molar-refractivity contribution >= 4 is 27.5 Å². The second kappa shape index (κ2) is 10.9. The summed E-state index contributed by atoms with van der Waals surface area (Å²) in [5, 5.41) is 2.67. The molecule has 2 amide bonds. The van der Waals surface area contributed by atoms with Crippen molar-refractivity contribution in [2.75, 3.05) is 30.8 Å². The molecule has 1 N–H and O–H groups in total. The van der Waals surface area contributed by atoms with Crippen LogP contribution in [0.25, 0.3) is 0 Å². The molecule has 0 fully saturated rings. The Morgan fingerprint density at radius 2 is 1.84 bits per heavy atom. The number of nitrogens with zero attached hydrogens (tertiary/aromatic N) is 2. The Bertz CT molecular complexity index is 1060. The van der Waals surface area contributed by atoms with Gasteiger partial charge in [0.15, 0.2) is 0 Å². The highest BCUT2D eigenvalue weighted by Crippen LogP contribution is 2.21. The molecule has 0 saturated carbocycles. The number of rotatable bonds is 10. The number of hydrogen-bond donors (Lipinski definition) is 1.